The summed E-state index contributed by atoms with van der Waals surface area (Å²) in [5.74, 6) is 0.631. The van der Waals surface area contributed by atoms with Crippen LogP contribution in [0.25, 0.3) is 17.1 Å². The van der Waals surface area contributed by atoms with Crippen molar-refractivity contribution in [2.75, 3.05) is 12.9 Å². The molecule has 0 saturated heterocycles. The molecule has 0 saturated carbocycles. The van der Waals surface area contributed by atoms with Crippen molar-refractivity contribution in [3.63, 3.8) is 0 Å². The summed E-state index contributed by atoms with van der Waals surface area (Å²) in [6.45, 7) is 2.33. The molecule has 0 unspecified atom stereocenters. The van der Waals surface area contributed by atoms with E-state index in [0.29, 0.717) is 18.1 Å². The summed E-state index contributed by atoms with van der Waals surface area (Å²) >= 11 is 0. The second kappa shape index (κ2) is 6.45. The van der Waals surface area contributed by atoms with E-state index in [1.165, 1.54) is 6.26 Å². The summed E-state index contributed by atoms with van der Waals surface area (Å²) in [6, 6.07) is 16.4. The Labute approximate surface area is 140 Å². The molecule has 1 aromatic heterocycles. The first kappa shape index (κ1) is 16.2. The van der Waals surface area contributed by atoms with Gasteiger partial charge >= 0.3 is 6.01 Å². The van der Waals surface area contributed by atoms with Crippen molar-refractivity contribution in [2.45, 2.75) is 11.8 Å². The van der Waals surface area contributed by atoms with E-state index in [0.717, 1.165) is 5.56 Å². The first-order valence-corrected chi connectivity index (χ1v) is 9.34. The fourth-order valence-electron chi connectivity index (χ4n) is 2.27. The molecule has 0 aliphatic carbocycles. The largest absolute Gasteiger partial charge is 0.463 e. The molecule has 0 amide bonds. The normalized spacial score (nSPS) is 11.4. The molecule has 0 N–H and O–H groups in total. The lowest BCUT2D eigenvalue weighted by molar-refractivity contribution is 0.312. The maximum Gasteiger partial charge on any atom is 0.336 e. The molecule has 6 nitrogen and oxygen atoms in total. The predicted octanol–water partition coefficient (Wildman–Crippen LogP) is 2.74. The molecule has 1 heterocycles. The van der Waals surface area contributed by atoms with Crippen molar-refractivity contribution in [1.29, 1.82) is 0 Å². The van der Waals surface area contributed by atoms with Crippen molar-refractivity contribution in [3.05, 3.63) is 54.6 Å². The van der Waals surface area contributed by atoms with Gasteiger partial charge in [0.05, 0.1) is 17.2 Å². The van der Waals surface area contributed by atoms with Crippen LogP contribution in [0.15, 0.2) is 59.5 Å². The van der Waals surface area contributed by atoms with Gasteiger partial charge in [0, 0.05) is 11.8 Å². The summed E-state index contributed by atoms with van der Waals surface area (Å²) in [7, 11) is -3.24. The second-order valence-corrected chi connectivity index (χ2v) is 7.21. The van der Waals surface area contributed by atoms with Crippen LogP contribution >= 0.6 is 0 Å². The Morgan fingerprint density at radius 2 is 1.71 bits per heavy atom. The van der Waals surface area contributed by atoms with Gasteiger partial charge in [-0.05, 0) is 31.2 Å². The van der Waals surface area contributed by atoms with E-state index in [4.69, 9.17) is 4.74 Å². The van der Waals surface area contributed by atoms with Gasteiger partial charge in [-0.25, -0.2) is 13.1 Å². The Hall–Kier alpha value is -2.67. The number of hydrogen-bond acceptors (Lipinski definition) is 5. The summed E-state index contributed by atoms with van der Waals surface area (Å²) in [4.78, 5) is 4.69. The van der Waals surface area contributed by atoms with Crippen LogP contribution < -0.4 is 4.74 Å². The van der Waals surface area contributed by atoms with Crippen molar-refractivity contribution in [3.8, 4) is 23.1 Å². The number of rotatable bonds is 5. The van der Waals surface area contributed by atoms with Gasteiger partial charge in [-0.1, -0.05) is 30.3 Å². The van der Waals surface area contributed by atoms with Crippen LogP contribution in [-0.4, -0.2) is 36.0 Å². The van der Waals surface area contributed by atoms with Gasteiger partial charge in [0.15, 0.2) is 15.7 Å². The number of sulfone groups is 1. The van der Waals surface area contributed by atoms with Gasteiger partial charge in [0.2, 0.25) is 0 Å². The third-order valence-corrected chi connectivity index (χ3v) is 4.53. The SMILES string of the molecule is CCOc1nc(-c2ccccc2)n(-c2ccc(S(C)(=O)=O)cc2)n1. The molecule has 124 valence electrons. The van der Waals surface area contributed by atoms with E-state index in [1.54, 1.807) is 28.9 Å². The number of nitrogens with zero attached hydrogens (tertiary/aromatic N) is 3. The van der Waals surface area contributed by atoms with Gasteiger partial charge in [0.1, 0.15) is 0 Å². The van der Waals surface area contributed by atoms with Crippen LogP contribution in [0, 0.1) is 0 Å². The maximum absolute atomic E-state index is 11.6. The highest BCUT2D eigenvalue weighted by Crippen LogP contribution is 2.24. The third-order valence-electron chi connectivity index (χ3n) is 3.40. The van der Waals surface area contributed by atoms with Gasteiger partial charge in [-0.3, -0.25) is 0 Å². The molecule has 3 aromatic rings. The number of ether oxygens (including phenoxy) is 1. The molecule has 0 aliphatic rings. The molecular weight excluding hydrogens is 326 g/mol. The Morgan fingerprint density at radius 1 is 1.04 bits per heavy atom. The molecule has 0 aliphatic heterocycles. The fraction of sp³-hybridized carbons (Fsp3) is 0.176. The zero-order valence-electron chi connectivity index (χ0n) is 13.4. The average Bonchev–Trinajstić information content (AvgIpc) is 2.99. The second-order valence-electron chi connectivity index (χ2n) is 5.19. The van der Waals surface area contributed by atoms with E-state index in [2.05, 4.69) is 10.1 Å². The molecule has 2 aromatic carbocycles. The van der Waals surface area contributed by atoms with Gasteiger partial charge in [-0.2, -0.15) is 4.98 Å². The Balaban J connectivity index is 2.09. The summed E-state index contributed by atoms with van der Waals surface area (Å²) < 4.78 is 30.3. The quantitative estimate of drug-likeness (QED) is 0.712. The zero-order valence-corrected chi connectivity index (χ0v) is 14.2. The Kier molecular flexibility index (Phi) is 4.35. The third kappa shape index (κ3) is 3.30. The highest BCUT2D eigenvalue weighted by molar-refractivity contribution is 7.90. The maximum atomic E-state index is 11.6. The van der Waals surface area contributed by atoms with E-state index in [-0.39, 0.29) is 10.9 Å². The minimum Gasteiger partial charge on any atom is -0.463 e. The van der Waals surface area contributed by atoms with Gasteiger partial charge in [-0.15, -0.1) is 5.10 Å². The Bertz CT molecular complexity index is 933. The number of benzene rings is 2. The van der Waals surface area contributed by atoms with Crippen molar-refractivity contribution in [1.82, 2.24) is 14.8 Å². The Morgan fingerprint density at radius 3 is 2.29 bits per heavy atom. The molecule has 24 heavy (non-hydrogen) atoms. The highest BCUT2D eigenvalue weighted by Gasteiger charge is 2.15. The summed E-state index contributed by atoms with van der Waals surface area (Å²) in [6.07, 6.45) is 1.18. The van der Waals surface area contributed by atoms with E-state index in [9.17, 15) is 8.42 Å². The van der Waals surface area contributed by atoms with Crippen LogP contribution in [0.3, 0.4) is 0 Å². The van der Waals surface area contributed by atoms with E-state index in [1.807, 2.05) is 37.3 Å². The lowest BCUT2D eigenvalue weighted by Crippen LogP contribution is -2.02. The minimum atomic E-state index is -3.24. The van der Waals surface area contributed by atoms with Crippen molar-refractivity contribution < 1.29 is 13.2 Å². The van der Waals surface area contributed by atoms with Crippen LogP contribution in [0.4, 0.5) is 0 Å². The lowest BCUT2D eigenvalue weighted by atomic mass is 10.2. The lowest BCUT2D eigenvalue weighted by Gasteiger charge is -2.06. The van der Waals surface area contributed by atoms with Crippen LogP contribution in [0.1, 0.15) is 6.92 Å². The molecule has 3 rings (SSSR count). The smallest absolute Gasteiger partial charge is 0.336 e. The predicted molar refractivity (Wildman–Crippen MR) is 91.1 cm³/mol. The highest BCUT2D eigenvalue weighted by atomic mass is 32.2. The topological polar surface area (TPSA) is 74.1 Å². The van der Waals surface area contributed by atoms with Gasteiger partial charge < -0.3 is 4.74 Å². The van der Waals surface area contributed by atoms with E-state index < -0.39 is 9.84 Å². The fourth-order valence-corrected chi connectivity index (χ4v) is 2.90. The monoisotopic (exact) mass is 343 g/mol. The molecular formula is C17H17N3O3S. The van der Waals surface area contributed by atoms with Gasteiger partial charge in [0.25, 0.3) is 0 Å². The van der Waals surface area contributed by atoms with Crippen molar-refractivity contribution >= 4 is 9.84 Å². The first-order chi connectivity index (χ1) is 11.5. The molecule has 0 fully saturated rings. The standard InChI is InChI=1S/C17H17N3O3S/c1-3-23-17-18-16(13-7-5-4-6-8-13)20(19-17)14-9-11-15(12-10-14)24(2,21)22/h4-12H,3H2,1-2H3. The molecule has 0 atom stereocenters. The number of aromatic nitrogens is 3. The molecule has 7 heteroatoms. The number of hydrogen-bond donors (Lipinski definition) is 0. The average molecular weight is 343 g/mol. The van der Waals surface area contributed by atoms with Crippen molar-refractivity contribution in [2.24, 2.45) is 0 Å². The van der Waals surface area contributed by atoms with Crippen LogP contribution in [0.5, 0.6) is 6.01 Å². The van der Waals surface area contributed by atoms with Crippen LogP contribution in [0.2, 0.25) is 0 Å². The molecule has 0 bridgehead atoms. The first-order valence-electron chi connectivity index (χ1n) is 7.45. The molecule has 0 spiro atoms. The summed E-state index contributed by atoms with van der Waals surface area (Å²) in [5.41, 5.74) is 1.60. The molecule has 0 radical (unpaired) electrons. The van der Waals surface area contributed by atoms with Crippen LogP contribution in [-0.2, 0) is 9.84 Å². The minimum absolute atomic E-state index is 0.262. The zero-order chi connectivity index (χ0) is 17.2. The summed E-state index contributed by atoms with van der Waals surface area (Å²) in [5, 5.41) is 4.37. The van der Waals surface area contributed by atoms with E-state index >= 15 is 0 Å².